The first kappa shape index (κ1) is 15.8. The lowest BCUT2D eigenvalue weighted by molar-refractivity contribution is 0.802. The van der Waals surface area contributed by atoms with Crippen LogP contribution in [-0.4, -0.2) is 16.5 Å². The van der Waals surface area contributed by atoms with Crippen LogP contribution in [0.2, 0.25) is 0 Å². The number of aromatic nitrogens is 2. The molecule has 0 amide bonds. The maximum absolute atomic E-state index is 4.73. The molecule has 0 aliphatic heterocycles. The molecule has 0 saturated carbocycles. The molecule has 0 aliphatic rings. The first-order chi connectivity index (χ1) is 10.1. The van der Waals surface area contributed by atoms with E-state index in [1.807, 2.05) is 0 Å². The van der Waals surface area contributed by atoms with E-state index in [1.54, 1.807) is 11.8 Å². The van der Waals surface area contributed by atoms with E-state index >= 15 is 0 Å². The van der Waals surface area contributed by atoms with Crippen LogP contribution in [-0.2, 0) is 6.42 Å². The number of nitrogens with one attached hydrogen (secondary N) is 1. The minimum Gasteiger partial charge on any atom is -0.370 e. The van der Waals surface area contributed by atoms with Crippen LogP contribution in [0.5, 0.6) is 0 Å². The summed E-state index contributed by atoms with van der Waals surface area (Å²) in [6, 6.07) is 8.57. The average Bonchev–Trinajstić information content (AvgIpc) is 2.47. The maximum Gasteiger partial charge on any atom is 0.133 e. The molecule has 0 spiro atoms. The molecule has 0 aliphatic carbocycles. The Kier molecular flexibility index (Phi) is 5.62. The lowest BCUT2D eigenvalue weighted by atomic mass is 10.2. The minimum absolute atomic E-state index is 0.873. The van der Waals surface area contributed by atoms with Gasteiger partial charge in [0.15, 0.2) is 0 Å². The summed E-state index contributed by atoms with van der Waals surface area (Å²) < 4.78 is 0. The summed E-state index contributed by atoms with van der Waals surface area (Å²) in [6.07, 6.45) is 1.98. The van der Waals surface area contributed by atoms with Gasteiger partial charge in [-0.25, -0.2) is 9.97 Å². The number of rotatable bonds is 6. The molecule has 0 bridgehead atoms. The second-order valence-electron chi connectivity index (χ2n) is 5.11. The first-order valence-electron chi connectivity index (χ1n) is 7.50. The molecule has 4 heteroatoms. The van der Waals surface area contributed by atoms with Crippen molar-refractivity contribution in [2.45, 2.75) is 50.5 Å². The predicted molar refractivity (Wildman–Crippen MR) is 90.2 cm³/mol. The third-order valence-corrected chi connectivity index (χ3v) is 4.30. The highest BCUT2D eigenvalue weighted by atomic mass is 32.2. The van der Waals surface area contributed by atoms with Crippen LogP contribution < -0.4 is 5.32 Å². The highest BCUT2D eigenvalue weighted by molar-refractivity contribution is 7.99. The summed E-state index contributed by atoms with van der Waals surface area (Å²) in [6.45, 7) is 9.31. The lowest BCUT2D eigenvalue weighted by Gasteiger charge is -2.13. The molecule has 3 nitrogen and oxygen atoms in total. The number of hydrogen-bond acceptors (Lipinski definition) is 4. The molecule has 1 N–H and O–H groups in total. The largest absolute Gasteiger partial charge is 0.370 e. The monoisotopic (exact) mass is 301 g/mol. The zero-order valence-corrected chi connectivity index (χ0v) is 14.0. The SMILES string of the molecule is CCCc1nc(NCC)c(C)c(Sc2ccc(C)cc2)n1. The van der Waals surface area contributed by atoms with Crippen molar-refractivity contribution in [2.24, 2.45) is 0 Å². The molecule has 0 atom stereocenters. The summed E-state index contributed by atoms with van der Waals surface area (Å²) in [4.78, 5) is 10.6. The fourth-order valence-electron chi connectivity index (χ4n) is 2.03. The molecule has 0 fully saturated rings. The third-order valence-electron chi connectivity index (χ3n) is 3.20. The average molecular weight is 301 g/mol. The Bertz CT molecular complexity index is 594. The molecule has 21 heavy (non-hydrogen) atoms. The summed E-state index contributed by atoms with van der Waals surface area (Å²) in [7, 11) is 0. The van der Waals surface area contributed by atoms with Crippen LogP contribution >= 0.6 is 11.8 Å². The molecule has 112 valence electrons. The quantitative estimate of drug-likeness (QED) is 0.789. The first-order valence-corrected chi connectivity index (χ1v) is 8.31. The van der Waals surface area contributed by atoms with Gasteiger partial charge >= 0.3 is 0 Å². The molecule has 1 heterocycles. The number of anilines is 1. The van der Waals surface area contributed by atoms with E-state index in [9.17, 15) is 0 Å². The summed E-state index contributed by atoms with van der Waals surface area (Å²) >= 11 is 1.71. The molecule has 1 aromatic heterocycles. The molecule has 1 aromatic carbocycles. The zero-order chi connectivity index (χ0) is 15.2. The third kappa shape index (κ3) is 4.21. The Morgan fingerprint density at radius 3 is 2.38 bits per heavy atom. The van der Waals surface area contributed by atoms with Gasteiger partial charge in [0, 0.05) is 23.4 Å². The minimum atomic E-state index is 0.873. The number of benzene rings is 1. The molecule has 2 rings (SSSR count). The van der Waals surface area contributed by atoms with Gasteiger partial charge in [-0.2, -0.15) is 0 Å². The Hall–Kier alpha value is -1.55. The Morgan fingerprint density at radius 1 is 1.05 bits per heavy atom. The van der Waals surface area contributed by atoms with Crippen molar-refractivity contribution in [1.82, 2.24) is 9.97 Å². The van der Waals surface area contributed by atoms with E-state index in [1.165, 1.54) is 10.5 Å². The second-order valence-corrected chi connectivity index (χ2v) is 6.18. The molecular weight excluding hydrogens is 278 g/mol. The Morgan fingerprint density at radius 2 is 1.76 bits per heavy atom. The maximum atomic E-state index is 4.73. The van der Waals surface area contributed by atoms with Gasteiger partial charge in [0.1, 0.15) is 16.7 Å². The van der Waals surface area contributed by atoms with Gasteiger partial charge in [0.2, 0.25) is 0 Å². The van der Waals surface area contributed by atoms with Crippen molar-refractivity contribution in [3.05, 3.63) is 41.2 Å². The van der Waals surface area contributed by atoms with E-state index in [0.717, 1.165) is 41.6 Å². The normalized spacial score (nSPS) is 10.7. The van der Waals surface area contributed by atoms with Gasteiger partial charge in [-0.3, -0.25) is 0 Å². The Balaban J connectivity index is 2.33. The number of aryl methyl sites for hydroxylation is 2. The Labute approximate surface area is 131 Å². The van der Waals surface area contributed by atoms with E-state index in [2.05, 4.69) is 62.3 Å². The van der Waals surface area contributed by atoms with Crippen LogP contribution in [0.25, 0.3) is 0 Å². The van der Waals surface area contributed by atoms with Crippen molar-refractivity contribution in [1.29, 1.82) is 0 Å². The van der Waals surface area contributed by atoms with E-state index < -0.39 is 0 Å². The van der Waals surface area contributed by atoms with E-state index in [-0.39, 0.29) is 0 Å². The van der Waals surface area contributed by atoms with Gasteiger partial charge in [-0.1, -0.05) is 36.4 Å². The summed E-state index contributed by atoms with van der Waals surface area (Å²) in [5.74, 6) is 1.89. The van der Waals surface area contributed by atoms with Crippen molar-refractivity contribution >= 4 is 17.6 Å². The van der Waals surface area contributed by atoms with Gasteiger partial charge in [0.25, 0.3) is 0 Å². The lowest BCUT2D eigenvalue weighted by Crippen LogP contribution is -2.07. The van der Waals surface area contributed by atoms with Crippen LogP contribution in [0.3, 0.4) is 0 Å². The van der Waals surface area contributed by atoms with Crippen molar-refractivity contribution < 1.29 is 0 Å². The fourth-order valence-corrected chi connectivity index (χ4v) is 2.93. The molecular formula is C17H23N3S. The summed E-state index contributed by atoms with van der Waals surface area (Å²) in [5, 5.41) is 4.39. The standard InChI is InChI=1S/C17H23N3S/c1-5-7-15-19-16(18-6-2)13(4)17(20-15)21-14-10-8-12(3)9-11-14/h8-11H,5-7H2,1-4H3,(H,18,19,20). The van der Waals surface area contributed by atoms with Crippen LogP contribution in [0, 0.1) is 13.8 Å². The second kappa shape index (κ2) is 7.46. The van der Waals surface area contributed by atoms with Gasteiger partial charge in [-0.05, 0) is 39.3 Å². The van der Waals surface area contributed by atoms with Crippen molar-refractivity contribution in [2.75, 3.05) is 11.9 Å². The van der Waals surface area contributed by atoms with Crippen LogP contribution in [0.1, 0.15) is 37.2 Å². The highest BCUT2D eigenvalue weighted by Crippen LogP contribution is 2.31. The number of nitrogens with zero attached hydrogens (tertiary/aromatic N) is 2. The van der Waals surface area contributed by atoms with Crippen LogP contribution in [0.4, 0.5) is 5.82 Å². The fraction of sp³-hybridized carbons (Fsp3) is 0.412. The predicted octanol–water partition coefficient (Wildman–Crippen LogP) is 4.63. The zero-order valence-electron chi connectivity index (χ0n) is 13.2. The number of hydrogen-bond donors (Lipinski definition) is 1. The molecule has 0 radical (unpaired) electrons. The van der Waals surface area contributed by atoms with E-state index in [0.29, 0.717) is 0 Å². The van der Waals surface area contributed by atoms with Gasteiger partial charge in [0.05, 0.1) is 0 Å². The molecule has 2 aromatic rings. The van der Waals surface area contributed by atoms with Crippen molar-refractivity contribution in [3.63, 3.8) is 0 Å². The van der Waals surface area contributed by atoms with Crippen molar-refractivity contribution in [3.8, 4) is 0 Å². The molecule has 0 unspecified atom stereocenters. The molecule has 0 saturated heterocycles. The summed E-state index contributed by atoms with van der Waals surface area (Å²) in [5.41, 5.74) is 2.40. The highest BCUT2D eigenvalue weighted by Gasteiger charge is 2.11. The topological polar surface area (TPSA) is 37.8 Å². The van der Waals surface area contributed by atoms with E-state index in [4.69, 9.17) is 4.98 Å². The van der Waals surface area contributed by atoms with Gasteiger partial charge < -0.3 is 5.32 Å². The smallest absolute Gasteiger partial charge is 0.133 e. The van der Waals surface area contributed by atoms with Gasteiger partial charge in [-0.15, -0.1) is 0 Å². The van der Waals surface area contributed by atoms with Crippen LogP contribution in [0.15, 0.2) is 34.2 Å².